The summed E-state index contributed by atoms with van der Waals surface area (Å²) in [5.74, 6) is 2.43. The molecule has 0 aromatic carbocycles. The second-order valence-corrected chi connectivity index (χ2v) is 9.08. The molecule has 0 radical (unpaired) electrons. The molecule has 2 aliphatic heterocycles. The monoisotopic (exact) mass is 380 g/mol. The molecular weight excluding hydrogens is 340 g/mol. The van der Waals surface area contributed by atoms with Crippen molar-refractivity contribution < 1.29 is 11.0 Å². The molecule has 3 fully saturated rings. The molecule has 1 saturated carbocycles. The molecule has 2 atom stereocenters. The van der Waals surface area contributed by atoms with Crippen molar-refractivity contribution in [1.29, 1.82) is 0 Å². The van der Waals surface area contributed by atoms with Gasteiger partial charge in [-0.2, -0.15) is 0 Å². The fraction of sp³-hybridized carbons (Fsp3) is 0.905. The maximum absolute atomic E-state index is 12.6. The van der Waals surface area contributed by atoms with Gasteiger partial charge < -0.3 is 20.0 Å². The highest BCUT2D eigenvalue weighted by Crippen LogP contribution is 2.41. The van der Waals surface area contributed by atoms with Crippen LogP contribution in [0.15, 0.2) is 0 Å². The van der Waals surface area contributed by atoms with Gasteiger partial charge >= 0.3 is 0 Å². The molecule has 2 saturated heterocycles. The lowest BCUT2D eigenvalue weighted by Crippen LogP contribution is -2.47. The van der Waals surface area contributed by atoms with Crippen LogP contribution in [0.25, 0.3) is 0 Å². The lowest BCUT2D eigenvalue weighted by molar-refractivity contribution is -0.131. The lowest BCUT2D eigenvalue weighted by Gasteiger charge is -2.34. The Labute approximate surface area is 166 Å². The molecule has 6 nitrogen and oxygen atoms in total. The van der Waals surface area contributed by atoms with Crippen molar-refractivity contribution in [2.75, 3.05) is 58.9 Å². The highest BCUT2D eigenvalue weighted by atomic mass is 16.2. The number of likely N-dealkylation sites (N-methyl/N-ethyl adjacent to an activating group) is 1. The maximum Gasteiger partial charge on any atom is 0.223 e. The molecule has 156 valence electrons. The number of fused-ring (bicyclic) bond motifs is 1. The molecule has 0 aromatic rings. The maximum atomic E-state index is 12.6. The minimum absolute atomic E-state index is 0. The van der Waals surface area contributed by atoms with E-state index in [1.54, 1.807) is 0 Å². The Balaban J connectivity index is 0.00000280. The molecule has 0 spiro atoms. The van der Waals surface area contributed by atoms with Crippen LogP contribution in [-0.4, -0.2) is 85.4 Å². The Morgan fingerprint density at radius 1 is 1.04 bits per heavy atom. The van der Waals surface area contributed by atoms with E-state index in [-0.39, 0.29) is 13.3 Å². The van der Waals surface area contributed by atoms with Crippen LogP contribution < -0.4 is 5.32 Å². The smallest absolute Gasteiger partial charge is 0.223 e. The quantitative estimate of drug-likeness (QED) is 0.728. The second kappa shape index (κ2) is 9.37. The first-order chi connectivity index (χ1) is 13.0. The van der Waals surface area contributed by atoms with Gasteiger partial charge in [0.2, 0.25) is 11.8 Å². The highest BCUT2D eigenvalue weighted by Gasteiger charge is 2.42. The van der Waals surface area contributed by atoms with Gasteiger partial charge in [0.25, 0.3) is 0 Å². The fourth-order valence-electron chi connectivity index (χ4n) is 4.99. The number of hydrogen-bond acceptors (Lipinski definition) is 4. The fourth-order valence-corrected chi connectivity index (χ4v) is 4.99. The minimum Gasteiger partial charge on any atom is -0.356 e. The number of nitrogens with one attached hydrogen (secondary N) is 1. The molecule has 27 heavy (non-hydrogen) atoms. The number of carbonyl (C=O) groups excluding carboxylic acids is 2. The first-order valence-corrected chi connectivity index (χ1v) is 11.0. The first kappa shape index (κ1) is 20.6. The molecule has 1 aliphatic carbocycles. The average Bonchev–Trinajstić information content (AvgIpc) is 3.23. The van der Waals surface area contributed by atoms with Gasteiger partial charge in [-0.05, 0) is 37.1 Å². The zero-order chi connectivity index (χ0) is 19.4. The largest absolute Gasteiger partial charge is 0.356 e. The summed E-state index contributed by atoms with van der Waals surface area (Å²) in [4.78, 5) is 31.4. The molecule has 2 amide bonds. The third kappa shape index (κ3) is 5.44. The first-order valence-electron chi connectivity index (χ1n) is 11.0. The van der Waals surface area contributed by atoms with Gasteiger partial charge in [0.1, 0.15) is 0 Å². The predicted octanol–water partition coefficient (Wildman–Crippen LogP) is 1.52. The highest BCUT2D eigenvalue weighted by molar-refractivity contribution is 5.78. The summed E-state index contributed by atoms with van der Waals surface area (Å²) in [5, 5.41) is 3.08. The number of hydrogen-bond donors (Lipinski definition) is 1. The Hall–Kier alpha value is -1.14. The van der Waals surface area contributed by atoms with Crippen LogP contribution in [-0.2, 0) is 9.59 Å². The van der Waals surface area contributed by atoms with E-state index in [9.17, 15) is 9.59 Å². The van der Waals surface area contributed by atoms with E-state index in [4.69, 9.17) is 0 Å². The normalized spacial score (nSPS) is 29.3. The summed E-state index contributed by atoms with van der Waals surface area (Å²) in [6.07, 6.45) is 2.98. The van der Waals surface area contributed by atoms with Crippen LogP contribution in [0.2, 0.25) is 0 Å². The van der Waals surface area contributed by atoms with Gasteiger partial charge in [0, 0.05) is 66.1 Å². The van der Waals surface area contributed by atoms with Crippen molar-refractivity contribution in [2.24, 2.45) is 23.7 Å². The van der Waals surface area contributed by atoms with E-state index in [0.29, 0.717) is 30.1 Å². The van der Waals surface area contributed by atoms with Crippen molar-refractivity contribution in [3.05, 3.63) is 0 Å². The minimum atomic E-state index is 0. The molecule has 0 bridgehead atoms. The molecule has 3 rings (SSSR count). The Bertz CT molecular complexity index is 509. The molecule has 6 heteroatoms. The number of carbonyl (C=O) groups is 2. The van der Waals surface area contributed by atoms with Crippen LogP contribution in [0.1, 0.15) is 41.5 Å². The van der Waals surface area contributed by atoms with E-state index >= 15 is 0 Å². The number of amides is 2. The van der Waals surface area contributed by atoms with Crippen LogP contribution in [0.5, 0.6) is 0 Å². The molecule has 2 unspecified atom stereocenters. The van der Waals surface area contributed by atoms with Gasteiger partial charge in [-0.15, -0.1) is 0 Å². The van der Waals surface area contributed by atoms with Crippen LogP contribution >= 0.6 is 0 Å². The van der Waals surface area contributed by atoms with Gasteiger partial charge in [-0.3, -0.25) is 9.59 Å². The Kier molecular flexibility index (Phi) is 7.15. The molecule has 2 heterocycles. The summed E-state index contributed by atoms with van der Waals surface area (Å²) in [6.45, 7) is 15.2. The molecule has 0 aromatic heterocycles. The van der Waals surface area contributed by atoms with E-state index < -0.39 is 0 Å². The van der Waals surface area contributed by atoms with E-state index in [0.717, 1.165) is 71.7 Å². The van der Waals surface area contributed by atoms with Gasteiger partial charge in [-0.25, -0.2) is 0 Å². The number of rotatable bonds is 7. The van der Waals surface area contributed by atoms with E-state index in [2.05, 4.69) is 26.9 Å². The van der Waals surface area contributed by atoms with Crippen molar-refractivity contribution >= 4 is 11.8 Å². The van der Waals surface area contributed by atoms with Crippen molar-refractivity contribution in [2.45, 2.75) is 40.0 Å². The number of likely N-dealkylation sites (tertiary alicyclic amines) is 1. The Morgan fingerprint density at radius 3 is 2.19 bits per heavy atom. The van der Waals surface area contributed by atoms with Crippen LogP contribution in [0, 0.1) is 23.7 Å². The predicted molar refractivity (Wildman–Crippen MR) is 109 cm³/mol. The van der Waals surface area contributed by atoms with Crippen molar-refractivity contribution in [3.8, 4) is 0 Å². The topological polar surface area (TPSA) is 55.9 Å². The third-order valence-electron chi connectivity index (χ3n) is 6.84. The third-order valence-corrected chi connectivity index (χ3v) is 6.84. The average molecular weight is 381 g/mol. The van der Waals surface area contributed by atoms with Crippen molar-refractivity contribution in [3.63, 3.8) is 0 Å². The van der Waals surface area contributed by atoms with E-state index in [1.165, 1.54) is 0 Å². The summed E-state index contributed by atoms with van der Waals surface area (Å²) < 4.78 is 0. The summed E-state index contributed by atoms with van der Waals surface area (Å²) in [7, 11) is 0. The standard InChI is InChI=1S/C21H38N4O2.H2/c1-4-23-7-9-24(10-8-23)6-5-20(26)25-14-18-11-17(12-19(18)15-25)13-22-21(27)16(2)3;/h16-19H,4-15H2,1-3H3,(H,22,27);1H. The SMILES string of the molecule is CCN1CCN(CCC(=O)N2CC3CC(CNC(=O)C(C)C)CC3C2)CC1.[HH]. The lowest BCUT2D eigenvalue weighted by atomic mass is 10.0. The van der Waals surface area contributed by atoms with Crippen LogP contribution in [0.3, 0.4) is 0 Å². The molecular formula is C21H40N4O2. The zero-order valence-corrected chi connectivity index (χ0v) is 17.5. The van der Waals surface area contributed by atoms with Crippen molar-refractivity contribution in [1.82, 2.24) is 20.0 Å². The molecule has 1 N–H and O–H groups in total. The number of nitrogens with zero attached hydrogens (tertiary/aromatic N) is 3. The second-order valence-electron chi connectivity index (χ2n) is 9.08. The summed E-state index contributed by atoms with van der Waals surface area (Å²) >= 11 is 0. The number of piperazine rings is 1. The van der Waals surface area contributed by atoms with Gasteiger partial charge in [0.15, 0.2) is 0 Å². The molecule has 3 aliphatic rings. The summed E-state index contributed by atoms with van der Waals surface area (Å²) in [6, 6.07) is 0. The zero-order valence-electron chi connectivity index (χ0n) is 17.5. The van der Waals surface area contributed by atoms with Gasteiger partial charge in [0.05, 0.1) is 0 Å². The summed E-state index contributed by atoms with van der Waals surface area (Å²) in [5.41, 5.74) is 0. The van der Waals surface area contributed by atoms with Crippen LogP contribution in [0.4, 0.5) is 0 Å². The Morgan fingerprint density at radius 2 is 1.63 bits per heavy atom. The van der Waals surface area contributed by atoms with E-state index in [1.807, 2.05) is 13.8 Å². The van der Waals surface area contributed by atoms with Gasteiger partial charge in [-0.1, -0.05) is 20.8 Å².